The number of ether oxygens (including phenoxy) is 2. The van der Waals surface area contributed by atoms with Crippen molar-refractivity contribution in [1.82, 2.24) is 14.5 Å². The maximum Gasteiger partial charge on any atom is 0.237 e. The monoisotopic (exact) mass is 383 g/mol. The summed E-state index contributed by atoms with van der Waals surface area (Å²) in [5, 5.41) is 0.907. The van der Waals surface area contributed by atoms with Crippen LogP contribution in [-0.4, -0.2) is 41.8 Å². The Kier molecular flexibility index (Phi) is 5.48. The normalized spacial score (nSPS) is 14.2. The molecular weight excluding hydrogens is 357 g/mol. The predicted molar refractivity (Wildman–Crippen MR) is 107 cm³/mol. The van der Waals surface area contributed by atoms with Gasteiger partial charge in [0.1, 0.15) is 5.52 Å². The summed E-state index contributed by atoms with van der Waals surface area (Å²) in [5.41, 5.74) is 3.26. The molecule has 0 unspecified atom stereocenters. The molecule has 3 heterocycles. The van der Waals surface area contributed by atoms with E-state index in [0.29, 0.717) is 5.52 Å². The second-order valence-corrected chi connectivity index (χ2v) is 7.26. The van der Waals surface area contributed by atoms with Crippen molar-refractivity contribution in [2.45, 2.75) is 32.4 Å². The van der Waals surface area contributed by atoms with Crippen molar-refractivity contribution in [3.63, 3.8) is 0 Å². The molecular formula is C22H26FN3O2. The molecule has 2 aromatic heterocycles. The lowest BCUT2D eigenvalue weighted by Gasteiger charge is -2.29. The fourth-order valence-electron chi connectivity index (χ4n) is 4.04. The Bertz CT molecular complexity index is 970. The first-order valence-corrected chi connectivity index (χ1v) is 9.75. The molecule has 0 bridgehead atoms. The lowest BCUT2D eigenvalue weighted by Crippen LogP contribution is -2.31. The molecule has 6 heteroatoms. The van der Waals surface area contributed by atoms with Crippen molar-refractivity contribution >= 4 is 10.9 Å². The van der Waals surface area contributed by atoms with Gasteiger partial charge in [0.15, 0.2) is 11.5 Å². The van der Waals surface area contributed by atoms with Gasteiger partial charge in [-0.25, -0.2) is 4.98 Å². The number of unbranched alkanes of at least 4 members (excludes halogenated alkanes) is 1. The number of fused-ring (bicyclic) bond motifs is 2. The molecule has 1 aromatic carbocycles. The first kappa shape index (κ1) is 18.7. The van der Waals surface area contributed by atoms with Crippen molar-refractivity contribution in [1.29, 1.82) is 0 Å². The summed E-state index contributed by atoms with van der Waals surface area (Å²) in [6, 6.07) is 8.00. The second kappa shape index (κ2) is 8.19. The van der Waals surface area contributed by atoms with E-state index in [1.165, 1.54) is 17.3 Å². The van der Waals surface area contributed by atoms with Crippen LogP contribution in [0.4, 0.5) is 4.39 Å². The maximum atomic E-state index is 14.0. The summed E-state index contributed by atoms with van der Waals surface area (Å²) >= 11 is 0. The van der Waals surface area contributed by atoms with Gasteiger partial charge in [0.05, 0.1) is 14.2 Å². The lowest BCUT2D eigenvalue weighted by molar-refractivity contribution is 0.246. The van der Waals surface area contributed by atoms with E-state index in [9.17, 15) is 4.39 Å². The number of aromatic nitrogens is 2. The first-order chi connectivity index (χ1) is 13.7. The van der Waals surface area contributed by atoms with Crippen molar-refractivity contribution in [3.05, 3.63) is 53.7 Å². The van der Waals surface area contributed by atoms with Crippen LogP contribution in [0.3, 0.4) is 0 Å². The number of hydrogen-bond donors (Lipinski definition) is 0. The van der Waals surface area contributed by atoms with Crippen LogP contribution in [0.2, 0.25) is 0 Å². The predicted octanol–water partition coefficient (Wildman–Crippen LogP) is 4.03. The minimum absolute atomic E-state index is 0.389. The number of hydrogen-bond acceptors (Lipinski definition) is 4. The summed E-state index contributed by atoms with van der Waals surface area (Å²) in [4.78, 5) is 6.25. The topological polar surface area (TPSA) is 39.5 Å². The Balaban J connectivity index is 1.33. The molecule has 3 aromatic rings. The van der Waals surface area contributed by atoms with Crippen LogP contribution in [0.15, 0.2) is 36.7 Å². The van der Waals surface area contributed by atoms with Gasteiger partial charge in [0.25, 0.3) is 0 Å². The summed E-state index contributed by atoms with van der Waals surface area (Å²) in [7, 11) is 3.35. The van der Waals surface area contributed by atoms with Crippen LogP contribution in [0.5, 0.6) is 11.5 Å². The molecule has 0 fully saturated rings. The Labute approximate surface area is 164 Å². The number of aryl methyl sites for hydroxylation is 1. The molecule has 4 rings (SSSR count). The molecule has 1 aliphatic rings. The van der Waals surface area contributed by atoms with Gasteiger partial charge in [-0.3, -0.25) is 4.90 Å². The average Bonchev–Trinajstić information content (AvgIpc) is 3.14. The van der Waals surface area contributed by atoms with Crippen LogP contribution in [0.1, 0.15) is 24.0 Å². The zero-order valence-corrected chi connectivity index (χ0v) is 16.4. The number of pyridine rings is 1. The van der Waals surface area contributed by atoms with Crippen molar-refractivity contribution in [2.75, 3.05) is 27.3 Å². The molecule has 0 aliphatic carbocycles. The molecule has 148 valence electrons. The molecule has 0 atom stereocenters. The number of benzene rings is 1. The van der Waals surface area contributed by atoms with Crippen molar-refractivity contribution < 1.29 is 13.9 Å². The van der Waals surface area contributed by atoms with Gasteiger partial charge in [-0.2, -0.15) is 4.39 Å². The maximum absolute atomic E-state index is 14.0. The van der Waals surface area contributed by atoms with Gasteiger partial charge < -0.3 is 14.0 Å². The van der Waals surface area contributed by atoms with E-state index >= 15 is 0 Å². The van der Waals surface area contributed by atoms with E-state index in [4.69, 9.17) is 9.47 Å². The molecule has 0 N–H and O–H groups in total. The summed E-state index contributed by atoms with van der Waals surface area (Å²) in [6.45, 7) is 3.82. The fourth-order valence-corrected chi connectivity index (χ4v) is 4.04. The van der Waals surface area contributed by atoms with E-state index in [-0.39, 0.29) is 5.95 Å². The Morgan fingerprint density at radius 1 is 1.04 bits per heavy atom. The Morgan fingerprint density at radius 2 is 1.79 bits per heavy atom. The van der Waals surface area contributed by atoms with Crippen LogP contribution in [0, 0.1) is 5.95 Å². The average molecular weight is 383 g/mol. The van der Waals surface area contributed by atoms with E-state index in [1.807, 2.05) is 22.9 Å². The number of rotatable bonds is 7. The number of methoxy groups -OCH3 is 2. The highest BCUT2D eigenvalue weighted by Crippen LogP contribution is 2.33. The third-order valence-electron chi connectivity index (χ3n) is 5.55. The van der Waals surface area contributed by atoms with Gasteiger partial charge in [-0.1, -0.05) is 0 Å². The molecule has 0 saturated heterocycles. The summed E-state index contributed by atoms with van der Waals surface area (Å²) in [6.07, 6.45) is 6.57. The van der Waals surface area contributed by atoms with Crippen LogP contribution in [0.25, 0.3) is 10.9 Å². The molecule has 0 spiro atoms. The molecule has 0 radical (unpaired) electrons. The minimum atomic E-state index is -0.389. The third-order valence-corrected chi connectivity index (χ3v) is 5.55. The summed E-state index contributed by atoms with van der Waals surface area (Å²) < 4.78 is 26.8. The zero-order valence-electron chi connectivity index (χ0n) is 16.4. The highest BCUT2D eigenvalue weighted by atomic mass is 19.1. The van der Waals surface area contributed by atoms with Crippen molar-refractivity contribution in [3.8, 4) is 11.5 Å². The van der Waals surface area contributed by atoms with Crippen LogP contribution in [-0.2, 0) is 19.5 Å². The fraction of sp³-hybridized carbons (Fsp3) is 0.409. The van der Waals surface area contributed by atoms with Crippen LogP contribution < -0.4 is 9.47 Å². The Hall–Kier alpha value is -2.60. The lowest BCUT2D eigenvalue weighted by atomic mass is 9.98. The molecule has 0 saturated carbocycles. The largest absolute Gasteiger partial charge is 0.493 e. The Morgan fingerprint density at radius 3 is 2.57 bits per heavy atom. The van der Waals surface area contributed by atoms with Gasteiger partial charge in [0.2, 0.25) is 5.95 Å². The van der Waals surface area contributed by atoms with Crippen LogP contribution >= 0.6 is 0 Å². The van der Waals surface area contributed by atoms with E-state index in [2.05, 4.69) is 22.0 Å². The van der Waals surface area contributed by atoms with E-state index < -0.39 is 0 Å². The van der Waals surface area contributed by atoms with Gasteiger partial charge in [-0.05, 0) is 61.2 Å². The van der Waals surface area contributed by atoms with Gasteiger partial charge >= 0.3 is 0 Å². The molecule has 5 nitrogen and oxygen atoms in total. The van der Waals surface area contributed by atoms with Crippen molar-refractivity contribution in [2.24, 2.45) is 0 Å². The SMILES string of the molecule is COc1cc2c(cc1OC)CN(CCCCn1ccc3ccnc(F)c31)CC2. The number of nitrogens with zero attached hydrogens (tertiary/aromatic N) is 3. The smallest absolute Gasteiger partial charge is 0.237 e. The van der Waals surface area contributed by atoms with Gasteiger partial charge in [0, 0.05) is 37.4 Å². The van der Waals surface area contributed by atoms with Gasteiger partial charge in [-0.15, -0.1) is 0 Å². The number of halogens is 1. The standard InChI is InChI=1S/C22H26FN3O2/c1-27-19-13-17-6-11-25(15-18(17)14-20(19)28-2)9-3-4-10-26-12-7-16-5-8-24-22(23)21(16)26/h5,7-8,12-14H,3-4,6,9-11,15H2,1-2H3. The molecule has 28 heavy (non-hydrogen) atoms. The highest BCUT2D eigenvalue weighted by Gasteiger charge is 2.19. The molecule has 1 aliphatic heterocycles. The molecule has 0 amide bonds. The minimum Gasteiger partial charge on any atom is -0.493 e. The highest BCUT2D eigenvalue weighted by molar-refractivity contribution is 5.79. The van der Waals surface area contributed by atoms with E-state index in [1.54, 1.807) is 14.2 Å². The third kappa shape index (κ3) is 3.69. The summed E-state index contributed by atoms with van der Waals surface area (Å²) in [5.74, 6) is 1.20. The quantitative estimate of drug-likeness (QED) is 0.456. The second-order valence-electron chi connectivity index (χ2n) is 7.26. The van der Waals surface area contributed by atoms with E-state index in [0.717, 1.165) is 62.3 Å². The zero-order chi connectivity index (χ0) is 19.5. The first-order valence-electron chi connectivity index (χ1n) is 9.75.